The lowest BCUT2D eigenvalue weighted by molar-refractivity contribution is 0.164. The number of halogens is 1. The summed E-state index contributed by atoms with van der Waals surface area (Å²) in [6.45, 7) is 3.71. The van der Waals surface area contributed by atoms with E-state index >= 15 is 0 Å². The lowest BCUT2D eigenvalue weighted by Gasteiger charge is -2.15. The third-order valence-electron chi connectivity index (χ3n) is 1.95. The SMILES string of the molecule is Cc1cccc([C@H](N)[C@@H](C)O)c1.Cl. The molecule has 2 nitrogen and oxygen atoms in total. The van der Waals surface area contributed by atoms with Gasteiger partial charge in [0.25, 0.3) is 0 Å². The molecule has 74 valence electrons. The summed E-state index contributed by atoms with van der Waals surface area (Å²) in [4.78, 5) is 0. The minimum absolute atomic E-state index is 0. The van der Waals surface area contributed by atoms with Crippen molar-refractivity contribution in [2.75, 3.05) is 0 Å². The number of aliphatic hydroxyl groups excluding tert-OH is 1. The molecule has 13 heavy (non-hydrogen) atoms. The number of hydrogen-bond donors (Lipinski definition) is 2. The molecule has 0 heterocycles. The van der Waals surface area contributed by atoms with Gasteiger partial charge in [-0.3, -0.25) is 0 Å². The van der Waals surface area contributed by atoms with Gasteiger partial charge in [-0.05, 0) is 19.4 Å². The smallest absolute Gasteiger partial charge is 0.0704 e. The van der Waals surface area contributed by atoms with E-state index in [1.54, 1.807) is 6.92 Å². The van der Waals surface area contributed by atoms with Crippen LogP contribution >= 0.6 is 12.4 Å². The summed E-state index contributed by atoms with van der Waals surface area (Å²) in [6.07, 6.45) is -0.494. The van der Waals surface area contributed by atoms with Gasteiger partial charge in [-0.1, -0.05) is 29.8 Å². The zero-order valence-electron chi connectivity index (χ0n) is 7.90. The molecule has 3 N–H and O–H groups in total. The van der Waals surface area contributed by atoms with Gasteiger partial charge in [0.05, 0.1) is 12.1 Å². The summed E-state index contributed by atoms with van der Waals surface area (Å²) in [6, 6.07) is 7.62. The lowest BCUT2D eigenvalue weighted by Crippen LogP contribution is -2.23. The van der Waals surface area contributed by atoms with Crippen molar-refractivity contribution in [3.05, 3.63) is 35.4 Å². The summed E-state index contributed by atoms with van der Waals surface area (Å²) in [7, 11) is 0. The van der Waals surface area contributed by atoms with Crippen LogP contribution in [0.4, 0.5) is 0 Å². The van der Waals surface area contributed by atoms with Crippen LogP contribution in [0.3, 0.4) is 0 Å². The van der Waals surface area contributed by atoms with E-state index in [4.69, 9.17) is 5.73 Å². The van der Waals surface area contributed by atoms with E-state index in [9.17, 15) is 5.11 Å². The minimum Gasteiger partial charge on any atom is -0.391 e. The molecule has 0 saturated heterocycles. The molecule has 0 bridgehead atoms. The van der Waals surface area contributed by atoms with Gasteiger partial charge in [0.15, 0.2) is 0 Å². The van der Waals surface area contributed by atoms with Gasteiger partial charge in [0, 0.05) is 0 Å². The number of aryl methyl sites for hydroxylation is 1. The summed E-state index contributed by atoms with van der Waals surface area (Å²) in [5.74, 6) is 0. The second-order valence-corrected chi connectivity index (χ2v) is 3.18. The first kappa shape index (κ1) is 12.4. The first-order valence-electron chi connectivity index (χ1n) is 4.11. The number of nitrogens with two attached hydrogens (primary N) is 1. The van der Waals surface area contributed by atoms with Crippen LogP contribution in [0.1, 0.15) is 24.1 Å². The minimum atomic E-state index is -0.494. The van der Waals surface area contributed by atoms with E-state index in [1.807, 2.05) is 31.2 Å². The molecule has 0 saturated carbocycles. The highest BCUT2D eigenvalue weighted by molar-refractivity contribution is 5.85. The van der Waals surface area contributed by atoms with Gasteiger partial charge in [0.2, 0.25) is 0 Å². The van der Waals surface area contributed by atoms with Crippen LogP contribution in [0.25, 0.3) is 0 Å². The molecule has 0 unspecified atom stereocenters. The Balaban J connectivity index is 0.00000144. The van der Waals surface area contributed by atoms with E-state index < -0.39 is 6.10 Å². The maximum absolute atomic E-state index is 9.24. The standard InChI is InChI=1S/C10H15NO.ClH/c1-7-4-3-5-9(6-7)10(11)8(2)12;/h3-6,8,10,12H,11H2,1-2H3;1H/t8-,10-;/m1./s1. The molecule has 1 aromatic rings. The van der Waals surface area contributed by atoms with E-state index in [2.05, 4.69) is 0 Å². The Bertz CT molecular complexity index is 263. The second-order valence-electron chi connectivity index (χ2n) is 3.18. The zero-order chi connectivity index (χ0) is 9.14. The molecule has 0 spiro atoms. The Morgan fingerprint density at radius 2 is 2.00 bits per heavy atom. The topological polar surface area (TPSA) is 46.2 Å². The van der Waals surface area contributed by atoms with E-state index in [1.165, 1.54) is 5.56 Å². The maximum Gasteiger partial charge on any atom is 0.0704 e. The summed E-state index contributed by atoms with van der Waals surface area (Å²) < 4.78 is 0. The first-order valence-corrected chi connectivity index (χ1v) is 4.11. The van der Waals surface area contributed by atoms with Gasteiger partial charge in [-0.2, -0.15) is 0 Å². The van der Waals surface area contributed by atoms with Crippen molar-refractivity contribution in [2.45, 2.75) is 26.0 Å². The second kappa shape index (κ2) is 5.22. The maximum atomic E-state index is 9.24. The Kier molecular flexibility index (Phi) is 4.99. The Morgan fingerprint density at radius 3 is 2.46 bits per heavy atom. The molecule has 0 fully saturated rings. The first-order chi connectivity index (χ1) is 5.61. The molecule has 0 radical (unpaired) electrons. The lowest BCUT2D eigenvalue weighted by atomic mass is 10.0. The van der Waals surface area contributed by atoms with Crippen LogP contribution in [-0.2, 0) is 0 Å². The summed E-state index contributed by atoms with van der Waals surface area (Å²) >= 11 is 0. The van der Waals surface area contributed by atoms with Crippen molar-refractivity contribution in [1.82, 2.24) is 0 Å². The zero-order valence-corrected chi connectivity index (χ0v) is 8.71. The van der Waals surface area contributed by atoms with Gasteiger partial charge in [0.1, 0.15) is 0 Å². The molecule has 0 aromatic heterocycles. The molecule has 3 heteroatoms. The van der Waals surface area contributed by atoms with Gasteiger partial charge in [-0.25, -0.2) is 0 Å². The van der Waals surface area contributed by atoms with Crippen molar-refractivity contribution >= 4 is 12.4 Å². The van der Waals surface area contributed by atoms with Crippen molar-refractivity contribution in [3.63, 3.8) is 0 Å². The quantitative estimate of drug-likeness (QED) is 0.767. The molecular formula is C10H16ClNO. The van der Waals surface area contributed by atoms with Crippen LogP contribution in [0.2, 0.25) is 0 Å². The summed E-state index contributed by atoms with van der Waals surface area (Å²) in [5, 5.41) is 9.24. The fourth-order valence-corrected chi connectivity index (χ4v) is 1.16. The predicted molar refractivity (Wildman–Crippen MR) is 57.0 cm³/mol. The Labute approximate surface area is 85.2 Å². The van der Waals surface area contributed by atoms with Gasteiger partial charge in [-0.15, -0.1) is 12.4 Å². The van der Waals surface area contributed by atoms with Crippen molar-refractivity contribution in [2.24, 2.45) is 5.73 Å². The van der Waals surface area contributed by atoms with Crippen LogP contribution in [0.15, 0.2) is 24.3 Å². The average molecular weight is 202 g/mol. The summed E-state index contributed by atoms with van der Waals surface area (Å²) in [5.41, 5.74) is 7.92. The monoisotopic (exact) mass is 201 g/mol. The number of rotatable bonds is 2. The molecular weight excluding hydrogens is 186 g/mol. The van der Waals surface area contributed by atoms with Crippen LogP contribution < -0.4 is 5.73 Å². The highest BCUT2D eigenvalue weighted by Gasteiger charge is 2.10. The molecule has 1 aromatic carbocycles. The Morgan fingerprint density at radius 1 is 1.38 bits per heavy atom. The predicted octanol–water partition coefficient (Wildman–Crippen LogP) is 1.80. The highest BCUT2D eigenvalue weighted by atomic mass is 35.5. The van der Waals surface area contributed by atoms with Crippen LogP contribution in [-0.4, -0.2) is 11.2 Å². The molecule has 0 aliphatic rings. The number of benzene rings is 1. The largest absolute Gasteiger partial charge is 0.391 e. The van der Waals surface area contributed by atoms with Crippen LogP contribution in [0.5, 0.6) is 0 Å². The van der Waals surface area contributed by atoms with Gasteiger partial charge < -0.3 is 10.8 Å². The van der Waals surface area contributed by atoms with Crippen molar-refractivity contribution < 1.29 is 5.11 Å². The van der Waals surface area contributed by atoms with Crippen molar-refractivity contribution in [3.8, 4) is 0 Å². The van der Waals surface area contributed by atoms with Crippen LogP contribution in [0, 0.1) is 6.92 Å². The van der Waals surface area contributed by atoms with Crippen molar-refractivity contribution in [1.29, 1.82) is 0 Å². The number of aliphatic hydroxyl groups is 1. The van der Waals surface area contributed by atoms with E-state index in [0.717, 1.165) is 5.56 Å². The molecule has 0 aliphatic carbocycles. The Hall–Kier alpha value is -0.570. The fraction of sp³-hybridized carbons (Fsp3) is 0.400. The normalized spacial score (nSPS) is 14.5. The highest BCUT2D eigenvalue weighted by Crippen LogP contribution is 2.14. The average Bonchev–Trinajstić information content (AvgIpc) is 2.03. The van der Waals surface area contributed by atoms with Gasteiger partial charge >= 0.3 is 0 Å². The fourth-order valence-electron chi connectivity index (χ4n) is 1.16. The molecule has 0 amide bonds. The molecule has 0 aliphatic heterocycles. The third-order valence-corrected chi connectivity index (χ3v) is 1.95. The third kappa shape index (κ3) is 3.35. The number of hydrogen-bond acceptors (Lipinski definition) is 2. The van der Waals surface area contributed by atoms with E-state index in [-0.39, 0.29) is 18.4 Å². The molecule has 2 atom stereocenters. The van der Waals surface area contributed by atoms with E-state index in [0.29, 0.717) is 0 Å². The molecule has 1 rings (SSSR count).